The van der Waals surface area contributed by atoms with Gasteiger partial charge in [0, 0.05) is 30.2 Å². The van der Waals surface area contributed by atoms with Crippen LogP contribution < -0.4 is 24.4 Å². The number of ether oxygens (including phenoxy) is 4. The van der Waals surface area contributed by atoms with Crippen molar-refractivity contribution in [2.75, 3.05) is 49.7 Å². The summed E-state index contributed by atoms with van der Waals surface area (Å²) in [7, 11) is 0. The van der Waals surface area contributed by atoms with E-state index in [1.807, 2.05) is 26.0 Å². The minimum absolute atomic E-state index is 0.303. The smallest absolute Gasteiger partial charge is 0.265 e. The van der Waals surface area contributed by atoms with Crippen molar-refractivity contribution in [3.05, 3.63) is 41.4 Å². The van der Waals surface area contributed by atoms with Crippen molar-refractivity contribution < 1.29 is 23.7 Å². The van der Waals surface area contributed by atoms with Gasteiger partial charge in [0.1, 0.15) is 17.2 Å². The van der Waals surface area contributed by atoms with Gasteiger partial charge in [0.15, 0.2) is 6.10 Å². The molecule has 0 aliphatic carbocycles. The molecule has 0 saturated carbocycles. The summed E-state index contributed by atoms with van der Waals surface area (Å²) in [6.07, 6.45) is -0.734. The average molecular weight is 449 g/mol. The molecule has 0 radical (unpaired) electrons. The third-order valence-electron chi connectivity index (χ3n) is 4.75. The largest absolute Gasteiger partial charge is 0.492 e. The standard InChI is InChI=1S/C23H29ClN2O5/c1-4-29-21-15-20(26-9-11-28-12-10-26)22(30-5-2)14-19(21)25-23(27)16(3)31-18-8-6-7-17(24)13-18/h6-8,13-16H,4-5,9-12H2,1-3H3,(H,25,27). The Bertz CT molecular complexity index is 886. The Kier molecular flexibility index (Phi) is 8.26. The Balaban J connectivity index is 1.82. The van der Waals surface area contributed by atoms with Gasteiger partial charge in [-0.2, -0.15) is 0 Å². The number of anilines is 2. The van der Waals surface area contributed by atoms with E-state index in [-0.39, 0.29) is 5.91 Å². The second kappa shape index (κ2) is 11.1. The van der Waals surface area contributed by atoms with Crippen LogP contribution in [0.1, 0.15) is 20.8 Å². The summed E-state index contributed by atoms with van der Waals surface area (Å²) in [6, 6.07) is 10.7. The van der Waals surface area contributed by atoms with Crippen LogP contribution in [0.2, 0.25) is 5.02 Å². The van der Waals surface area contributed by atoms with Gasteiger partial charge in [-0.05, 0) is 39.0 Å². The topological polar surface area (TPSA) is 69.3 Å². The van der Waals surface area contributed by atoms with Gasteiger partial charge in [0.05, 0.1) is 37.8 Å². The first-order valence-corrected chi connectivity index (χ1v) is 10.9. The fraction of sp³-hybridized carbons (Fsp3) is 0.435. The third-order valence-corrected chi connectivity index (χ3v) is 4.98. The minimum atomic E-state index is -0.734. The maximum absolute atomic E-state index is 12.8. The number of nitrogens with one attached hydrogen (secondary N) is 1. The lowest BCUT2D eigenvalue weighted by molar-refractivity contribution is -0.122. The Morgan fingerprint density at radius 3 is 2.52 bits per heavy atom. The molecule has 1 fully saturated rings. The van der Waals surface area contributed by atoms with Gasteiger partial charge in [0.25, 0.3) is 5.91 Å². The van der Waals surface area contributed by atoms with Crippen molar-refractivity contribution in [3.8, 4) is 17.2 Å². The van der Waals surface area contributed by atoms with Crippen molar-refractivity contribution >= 4 is 28.9 Å². The molecule has 0 spiro atoms. The molecular formula is C23H29ClN2O5. The first kappa shape index (κ1) is 23.0. The third kappa shape index (κ3) is 6.18. The molecule has 3 rings (SSSR count). The number of morpholine rings is 1. The van der Waals surface area contributed by atoms with E-state index in [4.69, 9.17) is 30.5 Å². The van der Waals surface area contributed by atoms with Crippen LogP contribution in [-0.2, 0) is 9.53 Å². The number of amides is 1. The van der Waals surface area contributed by atoms with Crippen LogP contribution >= 0.6 is 11.6 Å². The summed E-state index contributed by atoms with van der Waals surface area (Å²) in [5.41, 5.74) is 1.46. The van der Waals surface area contributed by atoms with Gasteiger partial charge in [-0.1, -0.05) is 17.7 Å². The van der Waals surface area contributed by atoms with Gasteiger partial charge in [0.2, 0.25) is 0 Å². The van der Waals surface area contributed by atoms with Crippen molar-refractivity contribution in [2.24, 2.45) is 0 Å². The zero-order chi connectivity index (χ0) is 22.2. The number of rotatable bonds is 9. The highest BCUT2D eigenvalue weighted by atomic mass is 35.5. The SMILES string of the molecule is CCOc1cc(N2CCOCC2)c(OCC)cc1NC(=O)C(C)Oc1cccc(Cl)c1. The van der Waals surface area contributed by atoms with Gasteiger partial charge >= 0.3 is 0 Å². The molecule has 0 bridgehead atoms. The molecule has 7 nitrogen and oxygen atoms in total. The predicted octanol–water partition coefficient (Wildman–Crippen LogP) is 4.38. The predicted molar refractivity (Wildman–Crippen MR) is 122 cm³/mol. The van der Waals surface area contributed by atoms with Crippen LogP contribution in [0.25, 0.3) is 0 Å². The number of carbonyl (C=O) groups excluding carboxylic acids is 1. The van der Waals surface area contributed by atoms with E-state index in [9.17, 15) is 4.79 Å². The molecule has 168 valence electrons. The summed E-state index contributed by atoms with van der Waals surface area (Å²) in [5, 5.41) is 3.46. The Labute approximate surface area is 188 Å². The van der Waals surface area contributed by atoms with Crippen molar-refractivity contribution in [2.45, 2.75) is 26.9 Å². The van der Waals surface area contributed by atoms with E-state index in [0.717, 1.165) is 18.8 Å². The number of benzene rings is 2. The molecule has 1 atom stereocenters. The molecule has 1 aliphatic heterocycles. The molecular weight excluding hydrogens is 420 g/mol. The highest BCUT2D eigenvalue weighted by Crippen LogP contribution is 2.39. The van der Waals surface area contributed by atoms with Crippen molar-refractivity contribution in [3.63, 3.8) is 0 Å². The van der Waals surface area contributed by atoms with Gasteiger partial charge in [-0.25, -0.2) is 0 Å². The van der Waals surface area contributed by atoms with Gasteiger partial charge in [-0.15, -0.1) is 0 Å². The fourth-order valence-electron chi connectivity index (χ4n) is 3.28. The van der Waals surface area contributed by atoms with Crippen LogP contribution in [0.5, 0.6) is 17.2 Å². The number of nitrogens with zero attached hydrogens (tertiary/aromatic N) is 1. The van der Waals surface area contributed by atoms with E-state index in [1.165, 1.54) is 0 Å². The maximum Gasteiger partial charge on any atom is 0.265 e. The summed E-state index contributed by atoms with van der Waals surface area (Å²) >= 11 is 6.00. The van der Waals surface area contributed by atoms with Gasteiger partial charge in [-0.3, -0.25) is 4.79 Å². The number of hydrogen-bond acceptors (Lipinski definition) is 6. The maximum atomic E-state index is 12.8. The highest BCUT2D eigenvalue weighted by Gasteiger charge is 2.22. The van der Waals surface area contributed by atoms with Gasteiger partial charge < -0.3 is 29.2 Å². The second-order valence-corrected chi connectivity index (χ2v) is 7.42. The number of hydrogen-bond donors (Lipinski definition) is 1. The summed E-state index contributed by atoms with van der Waals surface area (Å²) in [4.78, 5) is 15.0. The van der Waals surface area contributed by atoms with E-state index >= 15 is 0 Å². The Morgan fingerprint density at radius 1 is 1.13 bits per heavy atom. The molecule has 1 aliphatic rings. The Morgan fingerprint density at radius 2 is 1.84 bits per heavy atom. The molecule has 0 aromatic heterocycles. The lowest BCUT2D eigenvalue weighted by Gasteiger charge is -2.31. The molecule has 1 amide bonds. The number of halogens is 1. The average Bonchev–Trinajstić information content (AvgIpc) is 2.76. The highest BCUT2D eigenvalue weighted by molar-refractivity contribution is 6.30. The molecule has 1 N–H and O–H groups in total. The quantitative estimate of drug-likeness (QED) is 0.614. The van der Waals surface area contributed by atoms with E-state index in [2.05, 4.69) is 10.2 Å². The fourth-order valence-corrected chi connectivity index (χ4v) is 3.46. The minimum Gasteiger partial charge on any atom is -0.492 e. The molecule has 2 aromatic carbocycles. The summed E-state index contributed by atoms with van der Waals surface area (Å²) in [5.74, 6) is 1.49. The van der Waals surface area contributed by atoms with Crippen LogP contribution in [-0.4, -0.2) is 51.5 Å². The molecule has 1 heterocycles. The van der Waals surface area contributed by atoms with Crippen LogP contribution in [0.15, 0.2) is 36.4 Å². The monoisotopic (exact) mass is 448 g/mol. The summed E-state index contributed by atoms with van der Waals surface area (Å²) < 4.78 is 22.9. The van der Waals surface area contributed by atoms with E-state index in [1.54, 1.807) is 31.2 Å². The first-order valence-electron chi connectivity index (χ1n) is 10.5. The summed E-state index contributed by atoms with van der Waals surface area (Å²) in [6.45, 7) is 9.34. The molecule has 1 saturated heterocycles. The van der Waals surface area contributed by atoms with Crippen LogP contribution in [0, 0.1) is 0 Å². The Hall–Kier alpha value is -2.64. The lowest BCUT2D eigenvalue weighted by Crippen LogP contribution is -2.36. The van der Waals surface area contributed by atoms with Crippen molar-refractivity contribution in [1.29, 1.82) is 0 Å². The zero-order valence-corrected chi connectivity index (χ0v) is 18.9. The molecule has 8 heteroatoms. The lowest BCUT2D eigenvalue weighted by atomic mass is 10.2. The normalized spacial score (nSPS) is 14.6. The van der Waals surface area contributed by atoms with Crippen LogP contribution in [0.3, 0.4) is 0 Å². The van der Waals surface area contributed by atoms with Crippen LogP contribution in [0.4, 0.5) is 11.4 Å². The second-order valence-electron chi connectivity index (χ2n) is 6.99. The van der Waals surface area contributed by atoms with Crippen molar-refractivity contribution in [1.82, 2.24) is 0 Å². The van der Waals surface area contributed by atoms with E-state index in [0.29, 0.717) is 54.4 Å². The zero-order valence-electron chi connectivity index (χ0n) is 18.2. The molecule has 1 unspecified atom stereocenters. The number of carbonyl (C=O) groups is 1. The van der Waals surface area contributed by atoms with E-state index < -0.39 is 6.10 Å². The first-order chi connectivity index (χ1) is 15.0. The molecule has 2 aromatic rings. The molecule has 31 heavy (non-hydrogen) atoms.